The summed E-state index contributed by atoms with van der Waals surface area (Å²) in [6, 6.07) is 8.45. The van der Waals surface area contributed by atoms with E-state index in [1.807, 2.05) is 11.8 Å². The third-order valence-electron chi connectivity index (χ3n) is 3.78. The van der Waals surface area contributed by atoms with E-state index < -0.39 is 0 Å². The lowest BCUT2D eigenvalue weighted by Gasteiger charge is -2.09. The minimum Gasteiger partial charge on any atom is -0.347 e. The second kappa shape index (κ2) is 7.40. The molecule has 5 heteroatoms. The highest BCUT2D eigenvalue weighted by atomic mass is 32.2. The highest BCUT2D eigenvalue weighted by Gasteiger charge is 2.15. The van der Waals surface area contributed by atoms with E-state index in [1.165, 1.54) is 43.0 Å². The van der Waals surface area contributed by atoms with Crippen LogP contribution >= 0.6 is 11.8 Å². The Kier molecular flexibility index (Phi) is 5.06. The van der Waals surface area contributed by atoms with Crippen LogP contribution in [0.1, 0.15) is 41.7 Å². The topological polar surface area (TPSA) is 54.9 Å². The van der Waals surface area contributed by atoms with Crippen LogP contribution in [0, 0.1) is 0 Å². The van der Waals surface area contributed by atoms with Crippen molar-refractivity contribution in [1.29, 1.82) is 0 Å². The molecule has 0 aliphatic heterocycles. The fourth-order valence-electron chi connectivity index (χ4n) is 2.57. The quantitative estimate of drug-likeness (QED) is 0.918. The molecule has 0 unspecified atom stereocenters. The van der Waals surface area contributed by atoms with E-state index in [0.717, 1.165) is 10.8 Å². The van der Waals surface area contributed by atoms with Crippen LogP contribution in [0.5, 0.6) is 0 Å². The SMILES string of the molecule is O=C(NCc1ccc(SC2CCCC2)cc1)c1cnccn1. The first-order chi connectivity index (χ1) is 10.8. The Hall–Kier alpha value is -1.88. The molecule has 1 N–H and O–H groups in total. The highest BCUT2D eigenvalue weighted by molar-refractivity contribution is 8.00. The van der Waals surface area contributed by atoms with Gasteiger partial charge in [0.05, 0.1) is 6.20 Å². The molecule has 0 bridgehead atoms. The number of benzene rings is 1. The molecule has 1 amide bonds. The number of nitrogens with zero attached hydrogens (tertiary/aromatic N) is 2. The smallest absolute Gasteiger partial charge is 0.271 e. The number of hydrogen-bond donors (Lipinski definition) is 1. The van der Waals surface area contributed by atoms with Gasteiger partial charge < -0.3 is 5.32 Å². The Bertz CT molecular complexity index is 610. The van der Waals surface area contributed by atoms with Crippen LogP contribution in [-0.2, 0) is 6.54 Å². The molecule has 114 valence electrons. The Morgan fingerprint density at radius 1 is 1.18 bits per heavy atom. The van der Waals surface area contributed by atoms with Gasteiger partial charge in [0.15, 0.2) is 0 Å². The lowest BCUT2D eigenvalue weighted by Crippen LogP contribution is -2.23. The predicted octanol–water partition coefficient (Wildman–Crippen LogP) is 3.44. The third-order valence-corrected chi connectivity index (χ3v) is 5.13. The minimum absolute atomic E-state index is 0.197. The van der Waals surface area contributed by atoms with Crippen molar-refractivity contribution in [2.75, 3.05) is 0 Å². The fourth-order valence-corrected chi connectivity index (χ4v) is 3.82. The van der Waals surface area contributed by atoms with Crippen molar-refractivity contribution in [2.45, 2.75) is 42.4 Å². The molecule has 1 aromatic carbocycles. The lowest BCUT2D eigenvalue weighted by molar-refractivity contribution is 0.0945. The summed E-state index contributed by atoms with van der Waals surface area (Å²) in [7, 11) is 0. The molecule has 0 saturated heterocycles. The van der Waals surface area contributed by atoms with Crippen LogP contribution in [0.15, 0.2) is 47.8 Å². The molecule has 2 aromatic rings. The molecule has 1 aliphatic rings. The maximum Gasteiger partial charge on any atom is 0.271 e. The van der Waals surface area contributed by atoms with E-state index in [9.17, 15) is 4.79 Å². The zero-order chi connectivity index (χ0) is 15.2. The molecular formula is C17H19N3OS. The van der Waals surface area contributed by atoms with Gasteiger partial charge in [0.1, 0.15) is 5.69 Å². The van der Waals surface area contributed by atoms with Gasteiger partial charge in [0, 0.05) is 29.1 Å². The van der Waals surface area contributed by atoms with Crippen molar-refractivity contribution < 1.29 is 4.79 Å². The van der Waals surface area contributed by atoms with E-state index in [-0.39, 0.29) is 5.91 Å². The van der Waals surface area contributed by atoms with Gasteiger partial charge in [-0.1, -0.05) is 25.0 Å². The van der Waals surface area contributed by atoms with Crippen LogP contribution in [0.2, 0.25) is 0 Å². The van der Waals surface area contributed by atoms with Gasteiger partial charge in [-0.25, -0.2) is 4.98 Å². The number of nitrogens with one attached hydrogen (secondary N) is 1. The first-order valence-electron chi connectivity index (χ1n) is 7.61. The molecule has 1 fully saturated rings. The zero-order valence-corrected chi connectivity index (χ0v) is 13.2. The zero-order valence-electron chi connectivity index (χ0n) is 12.4. The summed E-state index contributed by atoms with van der Waals surface area (Å²) in [6.07, 6.45) is 9.94. The fraction of sp³-hybridized carbons (Fsp3) is 0.353. The van der Waals surface area contributed by atoms with Gasteiger partial charge in [-0.05, 0) is 30.5 Å². The number of aromatic nitrogens is 2. The molecule has 1 aliphatic carbocycles. The second-order valence-electron chi connectivity index (χ2n) is 5.44. The van der Waals surface area contributed by atoms with E-state index in [1.54, 1.807) is 6.20 Å². The van der Waals surface area contributed by atoms with Gasteiger partial charge in [-0.3, -0.25) is 9.78 Å². The van der Waals surface area contributed by atoms with Crippen molar-refractivity contribution in [3.05, 3.63) is 54.1 Å². The first kappa shape index (κ1) is 15.0. The van der Waals surface area contributed by atoms with Crippen LogP contribution in [0.25, 0.3) is 0 Å². The largest absolute Gasteiger partial charge is 0.347 e. The van der Waals surface area contributed by atoms with E-state index >= 15 is 0 Å². The maximum absolute atomic E-state index is 11.9. The predicted molar refractivity (Wildman–Crippen MR) is 87.8 cm³/mol. The van der Waals surface area contributed by atoms with Crippen LogP contribution in [0.3, 0.4) is 0 Å². The molecule has 0 spiro atoms. The van der Waals surface area contributed by atoms with Crippen molar-refractivity contribution in [1.82, 2.24) is 15.3 Å². The summed E-state index contributed by atoms with van der Waals surface area (Å²) in [5.74, 6) is -0.197. The Morgan fingerprint density at radius 2 is 1.95 bits per heavy atom. The summed E-state index contributed by atoms with van der Waals surface area (Å²) < 4.78 is 0. The Balaban J connectivity index is 1.51. The van der Waals surface area contributed by atoms with Crippen LogP contribution in [-0.4, -0.2) is 21.1 Å². The van der Waals surface area contributed by atoms with E-state index in [0.29, 0.717) is 12.2 Å². The lowest BCUT2D eigenvalue weighted by atomic mass is 10.2. The Labute approximate surface area is 134 Å². The van der Waals surface area contributed by atoms with Crippen LogP contribution in [0.4, 0.5) is 0 Å². The average Bonchev–Trinajstić information content (AvgIpc) is 3.08. The van der Waals surface area contributed by atoms with Gasteiger partial charge in [0.2, 0.25) is 0 Å². The number of rotatable bonds is 5. The summed E-state index contributed by atoms with van der Waals surface area (Å²) in [5.41, 5.74) is 1.43. The second-order valence-corrected chi connectivity index (χ2v) is 6.82. The Morgan fingerprint density at radius 3 is 2.64 bits per heavy atom. The number of hydrogen-bond acceptors (Lipinski definition) is 4. The molecule has 1 heterocycles. The summed E-state index contributed by atoms with van der Waals surface area (Å²) in [5, 5.41) is 3.64. The van der Waals surface area contributed by atoms with Gasteiger partial charge in [0.25, 0.3) is 5.91 Å². The molecule has 1 saturated carbocycles. The van der Waals surface area contributed by atoms with Crippen molar-refractivity contribution in [3.63, 3.8) is 0 Å². The monoisotopic (exact) mass is 313 g/mol. The average molecular weight is 313 g/mol. The normalized spacial score (nSPS) is 14.9. The number of carbonyl (C=O) groups excluding carboxylic acids is 1. The van der Waals surface area contributed by atoms with Gasteiger partial charge in [-0.15, -0.1) is 11.8 Å². The molecule has 22 heavy (non-hydrogen) atoms. The maximum atomic E-state index is 11.9. The van der Waals surface area contributed by atoms with Gasteiger partial charge in [-0.2, -0.15) is 0 Å². The standard InChI is InChI=1S/C17H19N3OS/c21-17(16-12-18-9-10-19-16)20-11-13-5-7-15(8-6-13)22-14-3-1-2-4-14/h5-10,12,14H,1-4,11H2,(H,20,21). The summed E-state index contributed by atoms with van der Waals surface area (Å²) in [4.78, 5) is 21.1. The number of thioether (sulfide) groups is 1. The molecule has 1 aromatic heterocycles. The molecular weight excluding hydrogens is 294 g/mol. The van der Waals surface area contributed by atoms with Crippen molar-refractivity contribution >= 4 is 17.7 Å². The third kappa shape index (κ3) is 4.07. The van der Waals surface area contributed by atoms with Crippen molar-refractivity contribution in [2.24, 2.45) is 0 Å². The molecule has 4 nitrogen and oxygen atoms in total. The molecule has 0 atom stereocenters. The van der Waals surface area contributed by atoms with E-state index in [2.05, 4.69) is 39.6 Å². The van der Waals surface area contributed by atoms with Crippen LogP contribution < -0.4 is 5.32 Å². The summed E-state index contributed by atoms with van der Waals surface area (Å²) >= 11 is 1.98. The first-order valence-corrected chi connectivity index (χ1v) is 8.49. The van der Waals surface area contributed by atoms with E-state index in [4.69, 9.17) is 0 Å². The molecule has 3 rings (SSSR count). The number of carbonyl (C=O) groups is 1. The number of amides is 1. The minimum atomic E-state index is -0.197. The summed E-state index contributed by atoms with van der Waals surface area (Å²) in [6.45, 7) is 0.504. The van der Waals surface area contributed by atoms with Crippen molar-refractivity contribution in [3.8, 4) is 0 Å². The highest BCUT2D eigenvalue weighted by Crippen LogP contribution is 2.34. The molecule has 0 radical (unpaired) electrons. The van der Waals surface area contributed by atoms with Gasteiger partial charge >= 0.3 is 0 Å².